The molecule has 168 valence electrons. The number of aliphatic carboxylic acids is 1. The summed E-state index contributed by atoms with van der Waals surface area (Å²) in [5.74, 6) is 0.826. The van der Waals surface area contributed by atoms with Crippen molar-refractivity contribution in [1.82, 2.24) is 10.3 Å². The minimum Gasteiger partial charge on any atom is -0.481 e. The van der Waals surface area contributed by atoms with E-state index in [4.69, 9.17) is 5.11 Å². The zero-order chi connectivity index (χ0) is 21.9. The van der Waals surface area contributed by atoms with Gasteiger partial charge >= 0.3 is 12.0 Å². The van der Waals surface area contributed by atoms with Gasteiger partial charge in [-0.3, -0.25) is 20.2 Å². The number of imide groups is 1. The van der Waals surface area contributed by atoms with E-state index >= 15 is 0 Å². The Morgan fingerprint density at radius 1 is 1.27 bits per heavy atom. The normalized spacial score (nSPS) is 19.8. The number of rotatable bonds is 11. The summed E-state index contributed by atoms with van der Waals surface area (Å²) in [4.78, 5) is 39.0. The second kappa shape index (κ2) is 12.9. The second-order valence-electron chi connectivity index (χ2n) is 8.13. The number of nitrogens with zero attached hydrogens (tertiary/aromatic N) is 1. The van der Waals surface area contributed by atoms with E-state index in [9.17, 15) is 14.4 Å². The predicted octanol–water partition coefficient (Wildman–Crippen LogP) is 5.38. The lowest BCUT2D eigenvalue weighted by Crippen LogP contribution is -2.34. The molecule has 1 aliphatic rings. The minimum atomic E-state index is -0.911. The highest BCUT2D eigenvalue weighted by atomic mass is 32.2. The molecule has 1 aromatic rings. The predicted molar refractivity (Wildman–Crippen MR) is 121 cm³/mol. The molecule has 3 N–H and O–H groups in total. The number of thioether (sulfide) groups is 1. The molecule has 1 saturated carbocycles. The van der Waals surface area contributed by atoms with E-state index in [0.717, 1.165) is 36.9 Å². The van der Waals surface area contributed by atoms with Crippen LogP contribution in [0.3, 0.4) is 0 Å². The fourth-order valence-corrected chi connectivity index (χ4v) is 5.58. The standard InChI is InChI=1S/C21H33N3O4S2/c1-3-4-5-15(16-8-6-14(2)7-9-16)10-11-17(25)23-20(28)24-21-22-12-19(30-21)29-13-18(26)27/h12,14-16H,3-11,13H2,1-2H3,(H,26,27)(H2,22,23,24,25,28). The Kier molecular flexibility index (Phi) is 10.6. The number of thiazole rings is 1. The summed E-state index contributed by atoms with van der Waals surface area (Å²) in [5, 5.41) is 14.0. The first-order valence-corrected chi connectivity index (χ1v) is 12.6. The highest BCUT2D eigenvalue weighted by Crippen LogP contribution is 2.37. The molecule has 1 aliphatic carbocycles. The molecular weight excluding hydrogens is 422 g/mol. The Bertz CT molecular complexity index is 702. The van der Waals surface area contributed by atoms with Gasteiger partial charge in [0.2, 0.25) is 5.91 Å². The molecule has 1 heterocycles. The van der Waals surface area contributed by atoms with E-state index in [2.05, 4.69) is 29.5 Å². The maximum Gasteiger partial charge on any atom is 0.327 e. The van der Waals surface area contributed by atoms with Crippen LogP contribution < -0.4 is 10.6 Å². The Labute approximate surface area is 186 Å². The highest BCUT2D eigenvalue weighted by molar-refractivity contribution is 8.01. The fraction of sp³-hybridized carbons (Fsp3) is 0.714. The van der Waals surface area contributed by atoms with E-state index in [1.165, 1.54) is 49.6 Å². The number of hydrogen-bond acceptors (Lipinski definition) is 6. The lowest BCUT2D eigenvalue weighted by Gasteiger charge is -2.33. The summed E-state index contributed by atoms with van der Waals surface area (Å²) in [6.45, 7) is 4.51. The summed E-state index contributed by atoms with van der Waals surface area (Å²) in [6, 6.07) is -0.597. The average Bonchev–Trinajstić information content (AvgIpc) is 3.14. The number of hydrogen-bond donors (Lipinski definition) is 3. The van der Waals surface area contributed by atoms with Crippen molar-refractivity contribution in [2.45, 2.75) is 75.8 Å². The van der Waals surface area contributed by atoms with Crippen molar-refractivity contribution in [3.05, 3.63) is 6.20 Å². The van der Waals surface area contributed by atoms with Crippen LogP contribution in [-0.2, 0) is 9.59 Å². The zero-order valence-electron chi connectivity index (χ0n) is 17.8. The van der Waals surface area contributed by atoms with Gasteiger partial charge in [-0.15, -0.1) is 11.8 Å². The van der Waals surface area contributed by atoms with Crippen molar-refractivity contribution < 1.29 is 19.5 Å². The summed E-state index contributed by atoms with van der Waals surface area (Å²) in [5.41, 5.74) is 0. The molecule has 1 fully saturated rings. The first-order valence-electron chi connectivity index (χ1n) is 10.8. The Hall–Kier alpha value is -1.61. The molecule has 0 aliphatic heterocycles. The molecular formula is C21H33N3O4S2. The zero-order valence-corrected chi connectivity index (χ0v) is 19.4. The first kappa shape index (κ1) is 24.7. The van der Waals surface area contributed by atoms with Gasteiger partial charge in [-0.25, -0.2) is 9.78 Å². The van der Waals surface area contributed by atoms with E-state index in [0.29, 0.717) is 27.6 Å². The summed E-state index contributed by atoms with van der Waals surface area (Å²) < 4.78 is 0.694. The molecule has 30 heavy (non-hydrogen) atoms. The third kappa shape index (κ3) is 9.04. The first-order chi connectivity index (χ1) is 14.4. The SMILES string of the molecule is CCCCC(CCC(=O)NC(=O)Nc1ncc(SCC(=O)O)s1)C1CCC(C)CC1. The number of amides is 3. The molecule has 1 unspecified atom stereocenters. The number of unbranched alkanes of at least 4 members (excludes halogenated alkanes) is 1. The molecule has 0 spiro atoms. The van der Waals surface area contributed by atoms with Crippen molar-refractivity contribution in [3.63, 3.8) is 0 Å². The fourth-order valence-electron chi connectivity index (χ4n) is 3.99. The second-order valence-corrected chi connectivity index (χ2v) is 10.4. The van der Waals surface area contributed by atoms with Crippen LogP contribution in [0.15, 0.2) is 10.4 Å². The van der Waals surface area contributed by atoms with Gasteiger partial charge in [-0.1, -0.05) is 57.3 Å². The Balaban J connectivity index is 1.76. The van der Waals surface area contributed by atoms with Crippen molar-refractivity contribution in [3.8, 4) is 0 Å². The topological polar surface area (TPSA) is 108 Å². The van der Waals surface area contributed by atoms with Crippen LogP contribution in [-0.4, -0.2) is 33.8 Å². The maximum atomic E-state index is 12.3. The quantitative estimate of drug-likeness (QED) is 0.387. The third-order valence-electron chi connectivity index (χ3n) is 5.69. The van der Waals surface area contributed by atoms with Gasteiger partial charge in [0.1, 0.15) is 0 Å². The molecule has 3 amide bonds. The van der Waals surface area contributed by atoms with E-state index in [-0.39, 0.29) is 11.7 Å². The molecule has 2 rings (SSSR count). The molecule has 0 bridgehead atoms. The van der Waals surface area contributed by atoms with Gasteiger partial charge in [0.05, 0.1) is 16.2 Å². The molecule has 9 heteroatoms. The van der Waals surface area contributed by atoms with Gasteiger partial charge < -0.3 is 5.11 Å². The number of carboxylic acids is 1. The van der Waals surface area contributed by atoms with Crippen LogP contribution in [0.5, 0.6) is 0 Å². The molecule has 0 saturated heterocycles. The molecule has 1 aromatic heterocycles. The van der Waals surface area contributed by atoms with Gasteiger partial charge in [0, 0.05) is 6.42 Å². The summed E-state index contributed by atoms with van der Waals surface area (Å²) >= 11 is 2.32. The van der Waals surface area contributed by atoms with Crippen LogP contribution in [0.2, 0.25) is 0 Å². The van der Waals surface area contributed by atoms with Crippen LogP contribution in [0.25, 0.3) is 0 Å². The number of urea groups is 1. The van der Waals surface area contributed by atoms with Gasteiger partial charge in [0.15, 0.2) is 5.13 Å². The Morgan fingerprint density at radius 2 is 2.00 bits per heavy atom. The highest BCUT2D eigenvalue weighted by Gasteiger charge is 2.26. The van der Waals surface area contributed by atoms with Crippen LogP contribution in [0, 0.1) is 17.8 Å². The van der Waals surface area contributed by atoms with Gasteiger partial charge in [-0.2, -0.15) is 0 Å². The third-order valence-corrected chi connectivity index (χ3v) is 7.79. The van der Waals surface area contributed by atoms with Crippen LogP contribution >= 0.6 is 23.1 Å². The lowest BCUT2D eigenvalue weighted by atomic mass is 9.73. The minimum absolute atomic E-state index is 0.0641. The number of nitrogens with one attached hydrogen (secondary N) is 2. The number of carbonyl (C=O) groups excluding carboxylic acids is 2. The summed E-state index contributed by atoms with van der Waals surface area (Å²) in [6.07, 6.45) is 11.3. The lowest BCUT2D eigenvalue weighted by molar-refractivity contribution is -0.134. The van der Waals surface area contributed by atoms with Gasteiger partial charge in [0.25, 0.3) is 0 Å². The van der Waals surface area contributed by atoms with Crippen LogP contribution in [0.4, 0.5) is 9.93 Å². The van der Waals surface area contributed by atoms with Crippen molar-refractivity contribution in [1.29, 1.82) is 0 Å². The largest absolute Gasteiger partial charge is 0.481 e. The molecule has 7 nitrogen and oxygen atoms in total. The molecule has 0 aromatic carbocycles. The molecule has 0 radical (unpaired) electrons. The number of aromatic nitrogens is 1. The average molecular weight is 456 g/mol. The monoisotopic (exact) mass is 455 g/mol. The summed E-state index contributed by atoms with van der Waals surface area (Å²) in [7, 11) is 0. The molecule has 1 atom stereocenters. The van der Waals surface area contributed by atoms with E-state index in [1.807, 2.05) is 0 Å². The number of carboxylic acid groups (broad SMARTS) is 1. The van der Waals surface area contributed by atoms with Crippen molar-refractivity contribution >= 4 is 46.1 Å². The van der Waals surface area contributed by atoms with Crippen molar-refractivity contribution in [2.75, 3.05) is 11.1 Å². The maximum absolute atomic E-state index is 12.3. The van der Waals surface area contributed by atoms with Gasteiger partial charge in [-0.05, 0) is 37.0 Å². The van der Waals surface area contributed by atoms with Crippen molar-refractivity contribution in [2.24, 2.45) is 17.8 Å². The van der Waals surface area contributed by atoms with E-state index in [1.54, 1.807) is 0 Å². The Morgan fingerprint density at radius 3 is 2.67 bits per heavy atom. The number of carbonyl (C=O) groups is 3. The van der Waals surface area contributed by atoms with Crippen LogP contribution in [0.1, 0.15) is 71.6 Å². The van der Waals surface area contributed by atoms with E-state index < -0.39 is 12.0 Å². The smallest absolute Gasteiger partial charge is 0.327 e. The number of anilines is 1.